The molecule has 0 spiro atoms. The van der Waals surface area contributed by atoms with Gasteiger partial charge < -0.3 is 10.2 Å². The molecular formula is C14H25N3O2S. The number of hydrogen-bond acceptors (Lipinski definition) is 4. The first-order valence-electron chi connectivity index (χ1n) is 6.87. The zero-order valence-corrected chi connectivity index (χ0v) is 13.5. The van der Waals surface area contributed by atoms with Crippen LogP contribution in [-0.2, 0) is 10.0 Å². The van der Waals surface area contributed by atoms with E-state index in [4.69, 9.17) is 0 Å². The first kappa shape index (κ1) is 16.9. The fraction of sp³-hybridized carbons (Fsp3) is 0.571. The van der Waals surface area contributed by atoms with Crippen LogP contribution in [0.25, 0.3) is 0 Å². The number of hydrogen-bond donors (Lipinski definition) is 2. The van der Waals surface area contributed by atoms with E-state index >= 15 is 0 Å². The van der Waals surface area contributed by atoms with Gasteiger partial charge in [0, 0.05) is 24.8 Å². The molecular weight excluding hydrogens is 274 g/mol. The summed E-state index contributed by atoms with van der Waals surface area (Å²) < 4.78 is 26.9. The third-order valence-electron chi connectivity index (χ3n) is 3.19. The van der Waals surface area contributed by atoms with Crippen molar-refractivity contribution in [3.05, 3.63) is 24.3 Å². The Hall–Kier alpha value is -1.11. The fourth-order valence-electron chi connectivity index (χ4n) is 1.52. The van der Waals surface area contributed by atoms with Gasteiger partial charge in [-0.25, -0.2) is 13.1 Å². The van der Waals surface area contributed by atoms with Gasteiger partial charge in [-0.2, -0.15) is 0 Å². The molecule has 0 aliphatic heterocycles. The van der Waals surface area contributed by atoms with E-state index in [-0.39, 0.29) is 6.04 Å². The van der Waals surface area contributed by atoms with Crippen LogP contribution in [-0.4, -0.2) is 46.5 Å². The molecule has 1 unspecified atom stereocenters. The Labute approximate surface area is 122 Å². The van der Waals surface area contributed by atoms with E-state index in [1.54, 1.807) is 24.3 Å². The first-order chi connectivity index (χ1) is 9.36. The molecule has 5 nitrogen and oxygen atoms in total. The van der Waals surface area contributed by atoms with Crippen molar-refractivity contribution in [2.24, 2.45) is 0 Å². The molecule has 0 amide bonds. The van der Waals surface area contributed by atoms with E-state index in [0.29, 0.717) is 11.4 Å². The monoisotopic (exact) mass is 299 g/mol. The molecule has 114 valence electrons. The summed E-state index contributed by atoms with van der Waals surface area (Å²) >= 11 is 0. The van der Waals surface area contributed by atoms with Gasteiger partial charge in [0.05, 0.1) is 4.90 Å². The summed E-state index contributed by atoms with van der Waals surface area (Å²) in [5, 5.41) is 3.22. The maximum Gasteiger partial charge on any atom is 0.240 e. The molecule has 6 heteroatoms. The van der Waals surface area contributed by atoms with Crippen LogP contribution in [0.4, 0.5) is 5.69 Å². The summed E-state index contributed by atoms with van der Waals surface area (Å²) in [4.78, 5) is 2.27. The number of nitrogens with one attached hydrogen (secondary N) is 2. The second-order valence-electron chi connectivity index (χ2n) is 5.12. The van der Waals surface area contributed by atoms with Crippen molar-refractivity contribution < 1.29 is 8.42 Å². The maximum atomic E-state index is 12.1. The Morgan fingerprint density at radius 2 is 1.80 bits per heavy atom. The summed E-state index contributed by atoms with van der Waals surface area (Å²) in [7, 11) is 0.417. The number of likely N-dealkylation sites (N-methyl/N-ethyl adjacent to an activating group) is 1. The predicted octanol–water partition coefficient (Wildman–Crippen LogP) is 1.74. The van der Waals surface area contributed by atoms with Crippen LogP contribution in [0.5, 0.6) is 0 Å². The van der Waals surface area contributed by atoms with E-state index in [9.17, 15) is 8.42 Å². The Bertz CT molecular complexity index is 498. The topological polar surface area (TPSA) is 61.4 Å². The van der Waals surface area contributed by atoms with Crippen molar-refractivity contribution in [2.75, 3.05) is 32.5 Å². The molecule has 0 heterocycles. The Balaban J connectivity index is 2.68. The SMILES string of the molecule is CCCNc1ccc(S(=O)(=O)NCC(C)N(C)C)cc1. The molecule has 0 aliphatic rings. The Kier molecular flexibility index (Phi) is 6.45. The van der Waals surface area contributed by atoms with Crippen LogP contribution >= 0.6 is 0 Å². The number of sulfonamides is 1. The molecule has 0 fully saturated rings. The van der Waals surface area contributed by atoms with Crippen LogP contribution in [0, 0.1) is 0 Å². The van der Waals surface area contributed by atoms with Gasteiger partial charge in [0.2, 0.25) is 10.0 Å². The molecule has 2 N–H and O–H groups in total. The molecule has 1 aromatic carbocycles. The molecule has 1 rings (SSSR count). The summed E-state index contributed by atoms with van der Waals surface area (Å²) in [6.45, 7) is 5.33. The summed E-state index contributed by atoms with van der Waals surface area (Å²) in [6, 6.07) is 6.98. The number of benzene rings is 1. The molecule has 0 aliphatic carbocycles. The van der Waals surface area contributed by atoms with Gasteiger partial charge in [-0.15, -0.1) is 0 Å². The lowest BCUT2D eigenvalue weighted by Crippen LogP contribution is -2.38. The van der Waals surface area contributed by atoms with Crippen LogP contribution < -0.4 is 10.0 Å². The average Bonchev–Trinajstić information content (AvgIpc) is 2.43. The summed E-state index contributed by atoms with van der Waals surface area (Å²) in [6.07, 6.45) is 1.03. The van der Waals surface area contributed by atoms with Crippen molar-refractivity contribution in [2.45, 2.75) is 31.2 Å². The van der Waals surface area contributed by atoms with Gasteiger partial charge in [0.1, 0.15) is 0 Å². The van der Waals surface area contributed by atoms with Gasteiger partial charge in [0.25, 0.3) is 0 Å². The molecule has 20 heavy (non-hydrogen) atoms. The highest BCUT2D eigenvalue weighted by molar-refractivity contribution is 7.89. The van der Waals surface area contributed by atoms with E-state index in [2.05, 4.69) is 17.0 Å². The summed E-state index contributed by atoms with van der Waals surface area (Å²) in [5.74, 6) is 0. The normalized spacial score (nSPS) is 13.4. The van der Waals surface area contributed by atoms with Crippen LogP contribution in [0.3, 0.4) is 0 Å². The molecule has 1 aromatic rings. The Morgan fingerprint density at radius 3 is 2.30 bits per heavy atom. The second-order valence-corrected chi connectivity index (χ2v) is 6.88. The molecule has 0 saturated heterocycles. The third kappa shape index (κ3) is 5.11. The van der Waals surface area contributed by atoms with Crippen molar-refractivity contribution >= 4 is 15.7 Å². The molecule has 1 atom stereocenters. The lowest BCUT2D eigenvalue weighted by Gasteiger charge is -2.20. The highest BCUT2D eigenvalue weighted by atomic mass is 32.2. The van der Waals surface area contributed by atoms with Crippen molar-refractivity contribution in [1.29, 1.82) is 0 Å². The van der Waals surface area contributed by atoms with E-state index in [0.717, 1.165) is 18.7 Å². The molecule has 0 aromatic heterocycles. The van der Waals surface area contributed by atoms with Gasteiger partial charge in [-0.3, -0.25) is 0 Å². The number of rotatable bonds is 8. The minimum absolute atomic E-state index is 0.148. The van der Waals surface area contributed by atoms with Crippen LogP contribution in [0.15, 0.2) is 29.2 Å². The highest BCUT2D eigenvalue weighted by Gasteiger charge is 2.15. The second kappa shape index (κ2) is 7.61. The first-order valence-corrected chi connectivity index (χ1v) is 8.35. The maximum absolute atomic E-state index is 12.1. The zero-order valence-electron chi connectivity index (χ0n) is 12.7. The lowest BCUT2D eigenvalue weighted by molar-refractivity contribution is 0.314. The van der Waals surface area contributed by atoms with E-state index in [1.165, 1.54) is 0 Å². The fourth-order valence-corrected chi connectivity index (χ4v) is 2.64. The van der Waals surface area contributed by atoms with Crippen molar-refractivity contribution in [1.82, 2.24) is 9.62 Å². The summed E-state index contributed by atoms with van der Waals surface area (Å²) in [5.41, 5.74) is 0.937. The lowest BCUT2D eigenvalue weighted by atomic mass is 10.3. The van der Waals surface area contributed by atoms with Crippen molar-refractivity contribution in [3.8, 4) is 0 Å². The minimum Gasteiger partial charge on any atom is -0.385 e. The van der Waals surface area contributed by atoms with Gasteiger partial charge in [-0.05, 0) is 51.7 Å². The van der Waals surface area contributed by atoms with Gasteiger partial charge in [-0.1, -0.05) is 6.92 Å². The number of nitrogens with zero attached hydrogens (tertiary/aromatic N) is 1. The van der Waals surface area contributed by atoms with E-state index in [1.807, 2.05) is 25.9 Å². The van der Waals surface area contributed by atoms with Crippen molar-refractivity contribution in [3.63, 3.8) is 0 Å². The van der Waals surface area contributed by atoms with Gasteiger partial charge >= 0.3 is 0 Å². The smallest absolute Gasteiger partial charge is 0.240 e. The average molecular weight is 299 g/mol. The van der Waals surface area contributed by atoms with E-state index < -0.39 is 10.0 Å². The molecule has 0 radical (unpaired) electrons. The standard InChI is InChI=1S/C14H25N3O2S/c1-5-10-15-13-6-8-14(9-7-13)20(18,19)16-11-12(2)17(3)4/h6-9,12,15-16H,5,10-11H2,1-4H3. The predicted molar refractivity (Wildman–Crippen MR) is 83.6 cm³/mol. The third-order valence-corrected chi connectivity index (χ3v) is 4.63. The number of anilines is 1. The largest absolute Gasteiger partial charge is 0.385 e. The molecule has 0 bridgehead atoms. The zero-order chi connectivity index (χ0) is 15.2. The van der Waals surface area contributed by atoms with Crippen LogP contribution in [0.2, 0.25) is 0 Å². The molecule has 0 saturated carbocycles. The Morgan fingerprint density at radius 1 is 1.20 bits per heavy atom. The quantitative estimate of drug-likeness (QED) is 0.767. The van der Waals surface area contributed by atoms with Gasteiger partial charge in [0.15, 0.2) is 0 Å². The van der Waals surface area contributed by atoms with Crippen LogP contribution in [0.1, 0.15) is 20.3 Å². The minimum atomic E-state index is -3.43. The highest BCUT2D eigenvalue weighted by Crippen LogP contribution is 2.14.